The molecule has 0 spiro atoms. The Morgan fingerprint density at radius 2 is 1.72 bits per heavy atom. The van der Waals surface area contributed by atoms with Gasteiger partial charge < -0.3 is 19.5 Å². The Morgan fingerprint density at radius 3 is 2.47 bits per heavy atom. The van der Waals surface area contributed by atoms with Gasteiger partial charge in [-0.15, -0.1) is 0 Å². The molecular formula is C31H37F2N3O7. The van der Waals surface area contributed by atoms with Crippen LogP contribution in [0, 0.1) is 11.6 Å². The van der Waals surface area contributed by atoms with Crippen LogP contribution in [0.1, 0.15) is 51.5 Å². The molecule has 0 saturated heterocycles. The zero-order valence-electron chi connectivity index (χ0n) is 23.2. The van der Waals surface area contributed by atoms with Crippen molar-refractivity contribution < 1.29 is 42.5 Å². The summed E-state index contributed by atoms with van der Waals surface area (Å²) in [5.41, 5.74) is 0.0801. The highest BCUT2D eigenvalue weighted by molar-refractivity contribution is 5.89. The monoisotopic (exact) mass is 601 g/mol. The summed E-state index contributed by atoms with van der Waals surface area (Å²) in [6, 6.07) is 12.4. The van der Waals surface area contributed by atoms with Gasteiger partial charge in [0, 0.05) is 25.1 Å². The first-order valence-corrected chi connectivity index (χ1v) is 13.5. The number of pyridine rings is 1. The zero-order chi connectivity index (χ0) is 30.5. The van der Waals surface area contributed by atoms with Gasteiger partial charge in [-0.3, -0.25) is 19.7 Å². The fraction of sp³-hybridized carbons (Fsp3) is 0.387. The van der Waals surface area contributed by atoms with Gasteiger partial charge in [-0.1, -0.05) is 43.8 Å². The van der Waals surface area contributed by atoms with E-state index in [1.54, 1.807) is 12.3 Å². The van der Waals surface area contributed by atoms with Gasteiger partial charge in [0.15, 0.2) is 11.6 Å². The number of halogens is 2. The minimum absolute atomic E-state index is 0. The number of nitrogens with zero attached hydrogens (tertiary/aromatic N) is 2. The minimum Gasteiger partial charge on any atom is -0.481 e. The van der Waals surface area contributed by atoms with E-state index in [1.165, 1.54) is 24.1 Å². The lowest BCUT2D eigenvalue weighted by Crippen LogP contribution is -2.41. The van der Waals surface area contributed by atoms with Crippen molar-refractivity contribution in [1.29, 1.82) is 0 Å². The molecule has 1 atom stereocenters. The average Bonchev–Trinajstić information content (AvgIpc) is 2.97. The number of aliphatic carboxylic acids is 1. The second-order valence-corrected chi connectivity index (χ2v) is 9.62. The molecule has 2 N–H and O–H groups in total. The van der Waals surface area contributed by atoms with Gasteiger partial charge in [0.1, 0.15) is 12.4 Å². The number of hydrogen-bond donors (Lipinski definition) is 2. The number of aryl methyl sites for hydroxylation is 1. The molecule has 0 radical (unpaired) electrons. The molecule has 0 bridgehead atoms. The third-order valence-corrected chi connectivity index (χ3v) is 6.59. The lowest BCUT2D eigenvalue weighted by atomic mass is 10.1. The summed E-state index contributed by atoms with van der Waals surface area (Å²) < 4.78 is 38.0. The number of anilines is 1. The first kappa shape index (κ1) is 34.6. The van der Waals surface area contributed by atoms with E-state index in [1.807, 2.05) is 24.3 Å². The van der Waals surface area contributed by atoms with Gasteiger partial charge in [-0.25, -0.2) is 18.6 Å². The number of aromatic nitrogens is 1. The number of hydrogen-bond acceptors (Lipinski definition) is 7. The number of carboxylic acid groups (broad SMARTS) is 1. The van der Waals surface area contributed by atoms with Crippen LogP contribution in [0.2, 0.25) is 0 Å². The van der Waals surface area contributed by atoms with Gasteiger partial charge >= 0.3 is 18.0 Å². The first-order chi connectivity index (χ1) is 20.1. The van der Waals surface area contributed by atoms with Gasteiger partial charge in [0.25, 0.3) is 0 Å². The van der Waals surface area contributed by atoms with Crippen molar-refractivity contribution >= 4 is 40.5 Å². The Labute approximate surface area is 249 Å². The molecule has 0 unspecified atom stereocenters. The molecule has 1 aromatic heterocycles. The van der Waals surface area contributed by atoms with Crippen LogP contribution in [0.25, 0.3) is 10.8 Å². The van der Waals surface area contributed by atoms with Crippen LogP contribution in [0.4, 0.5) is 19.4 Å². The molecule has 10 nitrogen and oxygen atoms in total. The van der Waals surface area contributed by atoms with Crippen LogP contribution < -0.4 is 5.32 Å². The van der Waals surface area contributed by atoms with Crippen LogP contribution in [-0.4, -0.2) is 65.2 Å². The number of carboxylic acids is 1. The molecule has 3 aromatic rings. The van der Waals surface area contributed by atoms with Crippen molar-refractivity contribution in [2.24, 2.45) is 0 Å². The molecule has 0 fully saturated rings. The van der Waals surface area contributed by atoms with E-state index in [0.717, 1.165) is 16.8 Å². The number of rotatable bonds is 15. The number of amides is 2. The predicted octanol–water partition coefficient (Wildman–Crippen LogP) is 5.74. The first-order valence-electron chi connectivity index (χ1n) is 13.5. The Kier molecular flexibility index (Phi) is 14.0. The number of unbranched alkanes of at least 4 members (excludes halogenated alkanes) is 1. The molecule has 3 rings (SSSR count). The Hall–Kier alpha value is -4.61. The molecule has 0 aliphatic heterocycles. The second-order valence-electron chi connectivity index (χ2n) is 9.62. The minimum atomic E-state index is -1.09. The maximum Gasteiger partial charge on any atom is 0.412 e. The van der Waals surface area contributed by atoms with Crippen LogP contribution in [0.5, 0.6) is 0 Å². The number of nitrogens with one attached hydrogen (secondary N) is 1. The fourth-order valence-electron chi connectivity index (χ4n) is 4.17. The van der Waals surface area contributed by atoms with Crippen molar-refractivity contribution in [3.63, 3.8) is 0 Å². The molecular weight excluding hydrogens is 564 g/mol. The van der Waals surface area contributed by atoms with Crippen LogP contribution >= 0.6 is 0 Å². The van der Waals surface area contributed by atoms with Crippen molar-refractivity contribution in [3.8, 4) is 0 Å². The summed E-state index contributed by atoms with van der Waals surface area (Å²) in [5.74, 6) is -3.76. The van der Waals surface area contributed by atoms with Crippen molar-refractivity contribution in [3.05, 3.63) is 71.9 Å². The third-order valence-electron chi connectivity index (χ3n) is 6.59. The maximum absolute atomic E-state index is 14.0. The van der Waals surface area contributed by atoms with Gasteiger partial charge in [0.2, 0.25) is 5.91 Å². The van der Waals surface area contributed by atoms with Crippen molar-refractivity contribution in [2.75, 3.05) is 25.6 Å². The number of benzene rings is 2. The van der Waals surface area contributed by atoms with E-state index >= 15 is 0 Å². The van der Waals surface area contributed by atoms with E-state index in [9.17, 15) is 28.0 Å². The van der Waals surface area contributed by atoms with E-state index in [2.05, 4.69) is 10.3 Å². The standard InChI is InChI=1S/C30H33F2N3O7.CH4/c1-35(26(36)13-12-20-9-6-11-24(31)29(20)32)23(10-4-5-16-41-28(39)15-14-27(37)38)19-42-30(40)34-25-17-21-7-2-3-8-22(21)18-33-25;/h2-3,6-9,11,17-18,23H,4-5,10,12-16,19H2,1H3,(H,37,38)(H,33,34,40);1H4/t23-;/m0./s1. The predicted molar refractivity (Wildman–Crippen MR) is 156 cm³/mol. The molecule has 2 aromatic carbocycles. The third kappa shape index (κ3) is 11.3. The summed E-state index contributed by atoms with van der Waals surface area (Å²) in [5, 5.41) is 13.0. The van der Waals surface area contributed by atoms with Crippen LogP contribution in [0.3, 0.4) is 0 Å². The summed E-state index contributed by atoms with van der Waals surface area (Å²) in [6.07, 6.45) is 1.50. The van der Waals surface area contributed by atoms with E-state index in [-0.39, 0.29) is 57.8 Å². The highest BCUT2D eigenvalue weighted by Crippen LogP contribution is 2.18. The molecule has 1 heterocycles. The molecule has 0 aliphatic carbocycles. The molecule has 2 amide bonds. The zero-order valence-corrected chi connectivity index (χ0v) is 23.2. The number of ether oxygens (including phenoxy) is 2. The summed E-state index contributed by atoms with van der Waals surface area (Å²) in [6.45, 7) is -0.0922. The fourth-order valence-corrected chi connectivity index (χ4v) is 4.17. The number of carbonyl (C=O) groups is 4. The number of esters is 1. The highest BCUT2D eigenvalue weighted by Gasteiger charge is 2.22. The van der Waals surface area contributed by atoms with Crippen molar-refractivity contribution in [2.45, 2.75) is 58.4 Å². The summed E-state index contributed by atoms with van der Waals surface area (Å²) >= 11 is 0. The molecule has 0 aliphatic rings. The highest BCUT2D eigenvalue weighted by atomic mass is 19.2. The summed E-state index contributed by atoms with van der Waals surface area (Å²) in [4.78, 5) is 53.3. The summed E-state index contributed by atoms with van der Waals surface area (Å²) in [7, 11) is 1.53. The van der Waals surface area contributed by atoms with Crippen LogP contribution in [-0.2, 0) is 30.3 Å². The Morgan fingerprint density at radius 1 is 0.977 bits per heavy atom. The van der Waals surface area contributed by atoms with Crippen molar-refractivity contribution in [1.82, 2.24) is 9.88 Å². The van der Waals surface area contributed by atoms with Gasteiger partial charge in [0.05, 0.1) is 25.5 Å². The van der Waals surface area contributed by atoms with Crippen LogP contribution in [0.15, 0.2) is 54.7 Å². The SMILES string of the molecule is C.CN(C(=O)CCc1cccc(F)c1F)[C@@H](CCCCOC(=O)CCC(=O)O)COC(=O)Nc1cc2ccccc2cn1. The maximum atomic E-state index is 14.0. The topological polar surface area (TPSA) is 135 Å². The van der Waals surface area contributed by atoms with Gasteiger partial charge in [-0.2, -0.15) is 0 Å². The van der Waals surface area contributed by atoms with E-state index in [4.69, 9.17) is 14.6 Å². The largest absolute Gasteiger partial charge is 0.481 e. The second kappa shape index (κ2) is 17.4. The molecule has 43 heavy (non-hydrogen) atoms. The molecule has 12 heteroatoms. The normalized spacial score (nSPS) is 11.2. The van der Waals surface area contributed by atoms with Gasteiger partial charge in [-0.05, 0) is 48.8 Å². The number of fused-ring (bicyclic) bond motifs is 1. The number of likely N-dealkylation sites (N-methyl/N-ethyl adjacent to an activating group) is 1. The van der Waals surface area contributed by atoms with E-state index < -0.39 is 35.7 Å². The molecule has 232 valence electrons. The lowest BCUT2D eigenvalue weighted by Gasteiger charge is -2.28. The Bertz CT molecular complexity index is 1400. The smallest absolute Gasteiger partial charge is 0.412 e. The quantitative estimate of drug-likeness (QED) is 0.166. The number of carbonyl (C=O) groups excluding carboxylic acids is 3. The molecule has 0 saturated carbocycles. The lowest BCUT2D eigenvalue weighted by molar-refractivity contribution is -0.147. The van der Waals surface area contributed by atoms with E-state index in [0.29, 0.717) is 25.1 Å². The average molecular weight is 602 g/mol. The Balaban J connectivity index is 0.00000645.